The van der Waals surface area contributed by atoms with E-state index in [0.717, 1.165) is 77.0 Å². The average molecular weight is 1180 g/mol. The van der Waals surface area contributed by atoms with Crippen LogP contribution < -0.4 is 4.89 Å². The summed E-state index contributed by atoms with van der Waals surface area (Å²) in [6.45, 7) is 4.18. The molecule has 10 heteroatoms. The monoisotopic (exact) mass is 1180 g/mol. The van der Waals surface area contributed by atoms with Crippen molar-refractivity contribution in [1.29, 1.82) is 0 Å². The van der Waals surface area contributed by atoms with Gasteiger partial charge in [0, 0.05) is 12.8 Å². The topological polar surface area (TPSA) is 111 Å². The summed E-state index contributed by atoms with van der Waals surface area (Å²) in [5, 5.41) is 0. The van der Waals surface area contributed by atoms with Gasteiger partial charge in [-0.25, -0.2) is 0 Å². The molecule has 2 atom stereocenters. The zero-order valence-electron chi connectivity index (χ0n) is 55.1. The van der Waals surface area contributed by atoms with E-state index in [9.17, 15) is 19.0 Å². The van der Waals surface area contributed by atoms with Gasteiger partial charge in [-0.15, -0.1) is 0 Å². The van der Waals surface area contributed by atoms with Gasteiger partial charge >= 0.3 is 11.9 Å². The molecule has 0 aliphatic heterocycles. The second-order valence-electron chi connectivity index (χ2n) is 24.9. The van der Waals surface area contributed by atoms with Crippen molar-refractivity contribution in [3.05, 3.63) is 72.9 Å². The van der Waals surface area contributed by atoms with Crippen molar-refractivity contribution in [1.82, 2.24) is 0 Å². The Kier molecular flexibility index (Phi) is 62.0. The summed E-state index contributed by atoms with van der Waals surface area (Å²) in [5.74, 6) is -0.817. The predicted octanol–water partition coefficient (Wildman–Crippen LogP) is 22.1. The number of phosphoric ester groups is 1. The first kappa shape index (κ1) is 80.5. The number of phosphoric acid groups is 1. The summed E-state index contributed by atoms with van der Waals surface area (Å²) >= 11 is 0. The molecule has 2 unspecified atom stereocenters. The Morgan fingerprint density at radius 2 is 0.687 bits per heavy atom. The van der Waals surface area contributed by atoms with Gasteiger partial charge in [-0.1, -0.05) is 324 Å². The van der Waals surface area contributed by atoms with Gasteiger partial charge in [-0.2, -0.15) is 0 Å². The quantitative estimate of drug-likeness (QED) is 0.0195. The Balaban J connectivity index is 4.01. The number of unbranched alkanes of at least 4 members (excludes halogenated alkanes) is 39. The van der Waals surface area contributed by atoms with Crippen molar-refractivity contribution < 1.29 is 42.1 Å². The Morgan fingerprint density at radius 3 is 1.02 bits per heavy atom. The van der Waals surface area contributed by atoms with Crippen LogP contribution in [0.3, 0.4) is 0 Å². The van der Waals surface area contributed by atoms with E-state index in [1.54, 1.807) is 0 Å². The molecule has 0 saturated carbocycles. The Hall–Kier alpha value is -2.55. The lowest BCUT2D eigenvalue weighted by Crippen LogP contribution is -2.37. The number of rotatable bonds is 65. The summed E-state index contributed by atoms with van der Waals surface area (Å²) in [6.07, 6.45) is 85.5. The minimum Gasteiger partial charge on any atom is -0.756 e. The summed E-state index contributed by atoms with van der Waals surface area (Å²) in [7, 11) is 1.18. The molecule has 0 aromatic carbocycles. The van der Waals surface area contributed by atoms with Gasteiger partial charge in [0.15, 0.2) is 6.10 Å². The van der Waals surface area contributed by atoms with Crippen LogP contribution in [0.15, 0.2) is 72.9 Å². The fourth-order valence-electron chi connectivity index (χ4n) is 10.1. The van der Waals surface area contributed by atoms with Gasteiger partial charge in [0.05, 0.1) is 27.7 Å². The van der Waals surface area contributed by atoms with Crippen molar-refractivity contribution >= 4 is 19.8 Å². The molecule has 0 rings (SSSR count). The molecule has 83 heavy (non-hydrogen) atoms. The fraction of sp³-hybridized carbons (Fsp3) is 0.808. The maximum atomic E-state index is 12.9. The maximum absolute atomic E-state index is 12.9. The van der Waals surface area contributed by atoms with Crippen molar-refractivity contribution in [2.45, 2.75) is 335 Å². The number of likely N-dealkylation sites (N-methyl/N-ethyl adjacent to an activating group) is 1. The first-order chi connectivity index (χ1) is 40.5. The molecule has 0 amide bonds. The van der Waals surface area contributed by atoms with Crippen LogP contribution in [-0.4, -0.2) is 70.0 Å². The third-order valence-corrected chi connectivity index (χ3v) is 16.5. The number of nitrogens with zero attached hydrogens (tertiary/aromatic N) is 1. The molecule has 9 nitrogen and oxygen atoms in total. The van der Waals surface area contributed by atoms with E-state index in [4.69, 9.17) is 18.5 Å². The third-order valence-electron chi connectivity index (χ3n) is 15.5. The van der Waals surface area contributed by atoms with Crippen LogP contribution in [0, 0.1) is 0 Å². The summed E-state index contributed by atoms with van der Waals surface area (Å²) in [5.41, 5.74) is 0. The van der Waals surface area contributed by atoms with Crippen LogP contribution in [0.2, 0.25) is 0 Å². The maximum Gasteiger partial charge on any atom is 0.306 e. The van der Waals surface area contributed by atoms with Crippen LogP contribution in [0.5, 0.6) is 0 Å². The van der Waals surface area contributed by atoms with E-state index in [1.807, 2.05) is 21.1 Å². The molecule has 484 valence electrons. The van der Waals surface area contributed by atoms with Crippen LogP contribution in [-0.2, 0) is 32.7 Å². The van der Waals surface area contributed by atoms with Crippen molar-refractivity contribution in [2.24, 2.45) is 0 Å². The van der Waals surface area contributed by atoms with Gasteiger partial charge in [0.2, 0.25) is 0 Å². The summed E-state index contributed by atoms with van der Waals surface area (Å²) in [6, 6.07) is 0. The molecule has 0 N–H and O–H groups in total. The Bertz CT molecular complexity index is 1630. The first-order valence-corrected chi connectivity index (χ1v) is 36.6. The number of carbonyl (C=O) groups excluding carboxylic acids is 2. The number of hydrogen-bond donors (Lipinski definition) is 0. The van der Waals surface area contributed by atoms with Gasteiger partial charge in [0.1, 0.15) is 19.8 Å². The molecular weight excluding hydrogens is 1050 g/mol. The van der Waals surface area contributed by atoms with Crippen LogP contribution in [0.25, 0.3) is 0 Å². The van der Waals surface area contributed by atoms with Crippen molar-refractivity contribution in [3.63, 3.8) is 0 Å². The van der Waals surface area contributed by atoms with Gasteiger partial charge in [0.25, 0.3) is 7.82 Å². The van der Waals surface area contributed by atoms with Crippen LogP contribution in [0.4, 0.5) is 0 Å². The van der Waals surface area contributed by atoms with E-state index in [-0.39, 0.29) is 32.0 Å². The molecule has 0 aliphatic rings. The zero-order chi connectivity index (χ0) is 60.5. The molecule has 0 aliphatic carbocycles. The molecule has 0 bridgehead atoms. The lowest BCUT2D eigenvalue weighted by molar-refractivity contribution is -0.870. The highest BCUT2D eigenvalue weighted by Gasteiger charge is 2.22. The predicted molar refractivity (Wildman–Crippen MR) is 356 cm³/mol. The molecule has 0 saturated heterocycles. The number of quaternary nitrogens is 1. The van der Waals surface area contributed by atoms with Gasteiger partial charge in [-0.05, 0) is 64.2 Å². The normalized spacial score (nSPS) is 13.6. The first-order valence-electron chi connectivity index (χ1n) is 35.1. The van der Waals surface area contributed by atoms with Crippen LogP contribution in [0.1, 0.15) is 328 Å². The molecular formula is C73H134NO8P. The summed E-state index contributed by atoms with van der Waals surface area (Å²) < 4.78 is 34.3. The molecule has 0 radical (unpaired) electrons. The molecule has 0 fully saturated rings. The standard InChI is InChI=1S/C73H134NO8P/c1-6-8-10-12-14-16-18-20-22-24-26-28-30-32-33-34-35-36-37-38-39-40-41-42-44-46-48-50-52-54-56-58-60-62-64-66-73(76)82-71(70-81-83(77,78)80-68-67-74(3,4)5)69-79-72(75)65-63-61-59-57-55-53-51-49-47-45-43-31-29-27-25-23-21-19-17-15-13-11-9-7-2/h8,10,14,16,20,22,26,28,32-33,35-36,71H,6-7,9,11-13,15,17-19,21,23-25,27,29-31,34,37-70H2,1-5H3/b10-8-,16-14-,22-20-,28-26-,33-32-,36-35-. The third kappa shape index (κ3) is 68.4. The van der Waals surface area contributed by atoms with Gasteiger partial charge < -0.3 is 27.9 Å². The minimum atomic E-state index is -4.64. The SMILES string of the molecule is CC/C=C\C/C=C\C/C=C\C/C=C\C/C=C\C/C=C\CCCCCCCCCCCCCCCCCCC(=O)OC(COC(=O)CCCCCCCCCCCCCCCCCCCCCCCCCC)COP(=O)([O-])OCC[N+](C)(C)C. The van der Waals surface area contributed by atoms with E-state index >= 15 is 0 Å². The van der Waals surface area contributed by atoms with E-state index in [1.165, 1.54) is 218 Å². The highest BCUT2D eigenvalue weighted by molar-refractivity contribution is 7.45. The number of carbonyl (C=O) groups is 2. The average Bonchev–Trinajstić information content (AvgIpc) is 3.49. The zero-order valence-corrected chi connectivity index (χ0v) is 56.0. The van der Waals surface area contributed by atoms with E-state index in [2.05, 4.69) is 86.8 Å². The number of esters is 2. The smallest absolute Gasteiger partial charge is 0.306 e. The second-order valence-corrected chi connectivity index (χ2v) is 26.3. The number of hydrogen-bond acceptors (Lipinski definition) is 8. The Labute approximate surface area is 514 Å². The second kappa shape index (κ2) is 63.9. The van der Waals surface area contributed by atoms with Crippen molar-refractivity contribution in [3.8, 4) is 0 Å². The van der Waals surface area contributed by atoms with E-state index < -0.39 is 26.5 Å². The minimum absolute atomic E-state index is 0.0300. The van der Waals surface area contributed by atoms with Gasteiger partial charge in [-0.3, -0.25) is 14.2 Å². The number of ether oxygens (including phenoxy) is 2. The highest BCUT2D eigenvalue weighted by Crippen LogP contribution is 2.38. The van der Waals surface area contributed by atoms with Crippen LogP contribution >= 0.6 is 7.82 Å². The Morgan fingerprint density at radius 1 is 0.386 bits per heavy atom. The molecule has 0 heterocycles. The molecule has 0 spiro atoms. The largest absolute Gasteiger partial charge is 0.756 e. The number of allylic oxidation sites excluding steroid dienone is 12. The lowest BCUT2D eigenvalue weighted by atomic mass is 10.0. The summed E-state index contributed by atoms with van der Waals surface area (Å²) in [4.78, 5) is 38.1. The van der Waals surface area contributed by atoms with Crippen molar-refractivity contribution in [2.75, 3.05) is 47.5 Å². The fourth-order valence-corrected chi connectivity index (χ4v) is 10.9. The van der Waals surface area contributed by atoms with E-state index in [0.29, 0.717) is 17.4 Å². The molecule has 0 aromatic heterocycles. The molecule has 0 aromatic rings. The lowest BCUT2D eigenvalue weighted by Gasteiger charge is -2.28. The highest BCUT2D eigenvalue weighted by atomic mass is 31.2.